The third-order valence-corrected chi connectivity index (χ3v) is 2.92. The Hall–Kier alpha value is -0.783. The van der Waals surface area contributed by atoms with Crippen molar-refractivity contribution in [2.45, 2.75) is 45.1 Å². The Morgan fingerprint density at radius 1 is 1.25 bits per heavy atom. The fraction of sp³-hybridized carbons (Fsp3) is 0.700. The minimum Gasteiger partial charge on any atom is -0.541 e. The van der Waals surface area contributed by atoms with Crippen LogP contribution in [0, 0.1) is 0 Å². The van der Waals surface area contributed by atoms with Crippen molar-refractivity contribution >= 4 is 14.1 Å². The van der Waals surface area contributed by atoms with Crippen molar-refractivity contribution in [1.82, 2.24) is 0 Å². The largest absolute Gasteiger partial charge is 0.541 e. The summed E-state index contributed by atoms with van der Waals surface area (Å²) in [7, 11) is -2.36. The van der Waals surface area contributed by atoms with Gasteiger partial charge in [-0.2, -0.15) is 13.2 Å². The Balaban J connectivity index is 3.10. The molecule has 0 aromatic rings. The van der Waals surface area contributed by atoms with E-state index in [-0.39, 0.29) is 18.4 Å². The van der Waals surface area contributed by atoms with Gasteiger partial charge in [0.1, 0.15) is 0 Å². The van der Waals surface area contributed by atoms with Crippen LogP contribution in [-0.4, -0.2) is 20.3 Å². The highest BCUT2D eigenvalue weighted by atomic mass is 28.4. The minimum atomic E-state index is -4.56. The zero-order valence-electron chi connectivity index (χ0n) is 9.57. The van der Waals surface area contributed by atoms with E-state index in [9.17, 15) is 18.0 Å². The highest BCUT2D eigenvalue weighted by Gasteiger charge is 2.43. The summed E-state index contributed by atoms with van der Waals surface area (Å²) in [5.74, 6) is -1.47. The molecule has 0 bridgehead atoms. The lowest BCUT2D eigenvalue weighted by Gasteiger charge is -2.24. The lowest BCUT2D eigenvalue weighted by Crippen LogP contribution is -2.31. The quantitative estimate of drug-likeness (QED) is 0.427. The van der Waals surface area contributed by atoms with Crippen LogP contribution < -0.4 is 0 Å². The molecule has 16 heavy (non-hydrogen) atoms. The van der Waals surface area contributed by atoms with Gasteiger partial charge in [-0.3, -0.25) is 4.79 Å². The van der Waals surface area contributed by atoms with Gasteiger partial charge in [-0.25, -0.2) is 0 Å². The van der Waals surface area contributed by atoms with Gasteiger partial charge in [-0.05, 0) is 32.5 Å². The van der Waals surface area contributed by atoms with Crippen LogP contribution in [0.5, 0.6) is 0 Å². The molecule has 1 aliphatic carbocycles. The number of Topliss-reactive ketones (excluding diaryl/α,β-unsaturated/α-hetero) is 1. The maximum Gasteiger partial charge on any atom is 0.447 e. The van der Waals surface area contributed by atoms with Gasteiger partial charge in [-0.1, -0.05) is 0 Å². The Kier molecular flexibility index (Phi) is 3.52. The van der Waals surface area contributed by atoms with Gasteiger partial charge in [0.25, 0.3) is 0 Å². The smallest absolute Gasteiger partial charge is 0.447 e. The number of allylic oxidation sites excluding steroid dienone is 2. The van der Waals surface area contributed by atoms with Crippen molar-refractivity contribution in [3.8, 4) is 0 Å². The predicted octanol–water partition coefficient (Wildman–Crippen LogP) is 3.41. The van der Waals surface area contributed by atoms with Crippen molar-refractivity contribution in [2.24, 2.45) is 0 Å². The third kappa shape index (κ3) is 3.36. The van der Waals surface area contributed by atoms with E-state index in [1.54, 1.807) is 19.6 Å². The average molecular weight is 252 g/mol. The molecular weight excluding hydrogens is 237 g/mol. The second kappa shape index (κ2) is 4.23. The molecule has 0 aromatic heterocycles. The molecule has 1 saturated carbocycles. The number of hydrogen-bond donors (Lipinski definition) is 0. The molecule has 1 rings (SSSR count). The van der Waals surface area contributed by atoms with Gasteiger partial charge in [0.2, 0.25) is 8.32 Å². The predicted molar refractivity (Wildman–Crippen MR) is 56.4 cm³/mol. The van der Waals surface area contributed by atoms with E-state index in [4.69, 9.17) is 4.43 Å². The van der Waals surface area contributed by atoms with E-state index < -0.39 is 26.0 Å². The first kappa shape index (κ1) is 13.3. The number of halogens is 3. The molecule has 0 amide bonds. The number of carbonyl (C=O) groups excluding carboxylic acids is 1. The van der Waals surface area contributed by atoms with Gasteiger partial charge in [0.05, 0.1) is 0 Å². The first-order valence-corrected chi connectivity index (χ1v) is 8.54. The molecule has 2 nitrogen and oxygen atoms in total. The van der Waals surface area contributed by atoms with Crippen molar-refractivity contribution in [3.05, 3.63) is 11.3 Å². The van der Waals surface area contributed by atoms with Gasteiger partial charge in [-0.15, -0.1) is 0 Å². The van der Waals surface area contributed by atoms with E-state index >= 15 is 0 Å². The highest BCUT2D eigenvalue weighted by Crippen LogP contribution is 2.36. The molecule has 0 aromatic carbocycles. The van der Waals surface area contributed by atoms with E-state index in [1.165, 1.54) is 0 Å². The maximum absolute atomic E-state index is 12.8. The zero-order chi connectivity index (χ0) is 12.6. The molecule has 0 heterocycles. The van der Waals surface area contributed by atoms with Gasteiger partial charge >= 0.3 is 6.18 Å². The summed E-state index contributed by atoms with van der Waals surface area (Å²) >= 11 is 0. The van der Waals surface area contributed by atoms with Crippen molar-refractivity contribution in [1.29, 1.82) is 0 Å². The van der Waals surface area contributed by atoms with Gasteiger partial charge in [0, 0.05) is 12.0 Å². The molecule has 0 atom stereocenters. The molecule has 0 N–H and O–H groups in total. The Bertz CT molecular complexity index is 326. The fourth-order valence-electron chi connectivity index (χ4n) is 1.55. The van der Waals surface area contributed by atoms with Crippen LogP contribution in [0.25, 0.3) is 0 Å². The van der Waals surface area contributed by atoms with Crippen molar-refractivity contribution in [3.63, 3.8) is 0 Å². The third-order valence-electron chi connectivity index (χ3n) is 2.11. The van der Waals surface area contributed by atoms with E-state index in [0.717, 1.165) is 0 Å². The molecule has 6 heteroatoms. The molecule has 0 saturated heterocycles. The summed E-state index contributed by atoms with van der Waals surface area (Å²) < 4.78 is 43.3. The minimum absolute atomic E-state index is 0.171. The van der Waals surface area contributed by atoms with Crippen molar-refractivity contribution in [2.75, 3.05) is 0 Å². The second-order valence-electron chi connectivity index (χ2n) is 4.80. The molecule has 92 valence electrons. The number of rotatable bonds is 2. The molecule has 1 fully saturated rings. The highest BCUT2D eigenvalue weighted by molar-refractivity contribution is 6.70. The van der Waals surface area contributed by atoms with Gasteiger partial charge < -0.3 is 4.43 Å². The summed E-state index contributed by atoms with van der Waals surface area (Å²) in [5.41, 5.74) is -0.171. The van der Waals surface area contributed by atoms with E-state index in [2.05, 4.69) is 0 Å². The number of hydrogen-bond acceptors (Lipinski definition) is 2. The number of alkyl halides is 3. The monoisotopic (exact) mass is 252 g/mol. The van der Waals surface area contributed by atoms with Crippen LogP contribution >= 0.6 is 0 Å². The molecule has 0 aliphatic heterocycles. The Labute approximate surface area is 93.6 Å². The van der Waals surface area contributed by atoms with Crippen LogP contribution in [0.2, 0.25) is 19.6 Å². The van der Waals surface area contributed by atoms with Crippen LogP contribution in [0.15, 0.2) is 11.3 Å². The average Bonchev–Trinajstić information content (AvgIpc) is 2.43. The molecule has 0 radical (unpaired) electrons. The van der Waals surface area contributed by atoms with Gasteiger partial charge in [0.15, 0.2) is 11.5 Å². The lowest BCUT2D eigenvalue weighted by atomic mass is 10.2. The maximum atomic E-state index is 12.8. The summed E-state index contributed by atoms with van der Waals surface area (Å²) in [6, 6.07) is 0. The van der Waals surface area contributed by atoms with Crippen LogP contribution in [-0.2, 0) is 9.22 Å². The summed E-state index contributed by atoms with van der Waals surface area (Å²) in [4.78, 5) is 11.3. The number of ketones is 1. The normalized spacial score (nSPS) is 21.2. The summed E-state index contributed by atoms with van der Waals surface area (Å²) in [6.45, 7) is 5.00. The molecule has 0 unspecified atom stereocenters. The zero-order valence-corrected chi connectivity index (χ0v) is 10.6. The lowest BCUT2D eigenvalue weighted by molar-refractivity contribution is -0.124. The van der Waals surface area contributed by atoms with E-state index in [0.29, 0.717) is 6.42 Å². The Morgan fingerprint density at radius 3 is 2.12 bits per heavy atom. The first-order valence-electron chi connectivity index (χ1n) is 5.14. The summed E-state index contributed by atoms with van der Waals surface area (Å²) in [5, 5.41) is 0. The molecule has 1 aliphatic rings. The number of carbonyl (C=O) groups is 1. The molecule has 0 spiro atoms. The fourth-order valence-corrected chi connectivity index (χ4v) is 2.40. The second-order valence-corrected chi connectivity index (χ2v) is 9.23. The van der Waals surface area contributed by atoms with Crippen LogP contribution in [0.1, 0.15) is 19.3 Å². The first-order chi connectivity index (χ1) is 7.11. The topological polar surface area (TPSA) is 26.3 Å². The summed E-state index contributed by atoms with van der Waals surface area (Å²) in [6.07, 6.45) is -3.69. The van der Waals surface area contributed by atoms with Crippen molar-refractivity contribution < 1.29 is 22.4 Å². The van der Waals surface area contributed by atoms with Crippen LogP contribution in [0.3, 0.4) is 0 Å². The van der Waals surface area contributed by atoms with E-state index in [1.807, 2.05) is 0 Å². The van der Waals surface area contributed by atoms with Crippen LogP contribution in [0.4, 0.5) is 13.2 Å². The SMILES string of the molecule is C[Si](C)(C)O/C(=C1/CCCC1=O)C(F)(F)F. The standard InChI is InChI=1S/C10H15F3O2Si/c1-16(2,3)15-9(10(11,12)13)7-5-4-6-8(7)14/h4-6H2,1-3H3/b9-7-. The molecular formula is C10H15F3O2Si. The Morgan fingerprint density at radius 2 is 1.81 bits per heavy atom.